The largest absolute Gasteiger partial charge is 0.250 e. The molecule has 0 radical (unpaired) electrons. The Hall–Kier alpha value is 0.660. The van der Waals surface area contributed by atoms with Gasteiger partial charge < -0.3 is 0 Å². The summed E-state index contributed by atoms with van der Waals surface area (Å²) in [5, 5.41) is 0. The Labute approximate surface area is 67.7 Å². The Balaban J connectivity index is 3.31. The number of hydrogen-bond donors (Lipinski definition) is 1. The molecule has 9 heavy (non-hydrogen) atoms. The van der Waals surface area contributed by atoms with E-state index in [1.807, 2.05) is 0 Å². The van der Waals surface area contributed by atoms with E-state index in [2.05, 4.69) is 37.7 Å². The van der Waals surface area contributed by atoms with Gasteiger partial charge in [0, 0.05) is 13.1 Å². The van der Waals surface area contributed by atoms with Crippen LogP contribution in [0, 0.1) is 0 Å². The van der Waals surface area contributed by atoms with Crippen LogP contribution in [-0.4, -0.2) is 22.0 Å². The molecule has 0 heterocycles. The summed E-state index contributed by atoms with van der Waals surface area (Å²) in [6.07, 6.45) is 0. The monoisotopic (exact) mass is 165 g/mol. The van der Waals surface area contributed by atoms with E-state index in [4.69, 9.17) is 0 Å². The van der Waals surface area contributed by atoms with Gasteiger partial charge in [0.2, 0.25) is 0 Å². The first-order valence-electron chi connectivity index (χ1n) is 3.30. The maximum atomic E-state index is 4.27. The van der Waals surface area contributed by atoms with Crippen LogP contribution in [0.2, 0.25) is 0 Å². The van der Waals surface area contributed by atoms with Gasteiger partial charge in [-0.25, -0.2) is 0 Å². The summed E-state index contributed by atoms with van der Waals surface area (Å²) in [6, 6.07) is 0. The summed E-state index contributed by atoms with van der Waals surface area (Å²) >= 11 is 6.06. The number of hydrogen-bond acceptors (Lipinski definition) is 3. The van der Waals surface area contributed by atoms with Crippen LogP contribution in [0.25, 0.3) is 0 Å². The van der Waals surface area contributed by atoms with Crippen molar-refractivity contribution in [1.82, 2.24) is 4.31 Å². The van der Waals surface area contributed by atoms with Crippen LogP contribution in [0.3, 0.4) is 0 Å². The Morgan fingerprint density at radius 1 is 1.44 bits per heavy atom. The first-order chi connectivity index (χ1) is 4.20. The van der Waals surface area contributed by atoms with E-state index >= 15 is 0 Å². The molecule has 56 valence electrons. The first-order valence-corrected chi connectivity index (χ1v) is 4.65. The Morgan fingerprint density at radius 3 is 2.00 bits per heavy atom. The fourth-order valence-electron chi connectivity index (χ4n) is 0.588. The second-order valence-electron chi connectivity index (χ2n) is 1.82. The minimum Gasteiger partial charge on any atom is -0.250 e. The molecular weight excluding hydrogens is 150 g/mol. The van der Waals surface area contributed by atoms with Crippen LogP contribution in [0.5, 0.6) is 0 Å². The van der Waals surface area contributed by atoms with Gasteiger partial charge in [-0.3, -0.25) is 4.31 Å². The quantitative estimate of drug-likeness (QED) is 0.387. The van der Waals surface area contributed by atoms with Crippen molar-refractivity contribution in [2.75, 3.05) is 13.1 Å². The Bertz CT molecular complexity index is 62.1. The molecule has 3 heteroatoms. The van der Waals surface area contributed by atoms with Crippen molar-refractivity contribution < 1.29 is 0 Å². The molecule has 0 rings (SSSR count). The van der Waals surface area contributed by atoms with E-state index in [1.54, 1.807) is 11.9 Å². The molecule has 0 saturated heterocycles. The Morgan fingerprint density at radius 2 is 1.89 bits per heavy atom. The third kappa shape index (κ3) is 5.12. The fourth-order valence-corrected chi connectivity index (χ4v) is 1.72. The highest BCUT2D eigenvalue weighted by molar-refractivity contribution is 8.08. The summed E-state index contributed by atoms with van der Waals surface area (Å²) < 4.78 is 2.71. The molecule has 0 aliphatic carbocycles. The lowest BCUT2D eigenvalue weighted by atomic mass is 10.7. The fraction of sp³-hybridized carbons (Fsp3) is 1.00. The van der Waals surface area contributed by atoms with Crippen molar-refractivity contribution in [3.63, 3.8) is 0 Å². The minimum absolute atomic E-state index is 0.421. The average Bonchev–Trinajstić information content (AvgIpc) is 1.82. The number of thiol groups is 1. The molecule has 0 aromatic rings. The molecule has 0 spiro atoms. The van der Waals surface area contributed by atoms with Crippen molar-refractivity contribution in [1.29, 1.82) is 0 Å². The summed E-state index contributed by atoms with van der Waals surface area (Å²) in [4.78, 5) is 0. The van der Waals surface area contributed by atoms with Gasteiger partial charge in [-0.15, -0.1) is 0 Å². The van der Waals surface area contributed by atoms with E-state index < -0.39 is 0 Å². The molecular formula is C6H15NS2. The highest BCUT2D eigenvalue weighted by atomic mass is 32.2. The first kappa shape index (κ1) is 9.66. The van der Waals surface area contributed by atoms with Crippen molar-refractivity contribution in [3.8, 4) is 0 Å². The van der Waals surface area contributed by atoms with E-state index in [0.717, 1.165) is 13.1 Å². The molecule has 1 nitrogen and oxygen atoms in total. The van der Waals surface area contributed by atoms with Gasteiger partial charge in [0.15, 0.2) is 0 Å². The Kier molecular flexibility index (Phi) is 5.84. The molecule has 0 aromatic heterocycles. The number of nitrogens with zero attached hydrogens (tertiary/aromatic N) is 1. The normalized spacial score (nSPS) is 14.3. The number of rotatable bonds is 4. The smallest absolute Gasteiger partial charge is 0.0591 e. The van der Waals surface area contributed by atoms with Crippen LogP contribution in [0.4, 0.5) is 0 Å². The van der Waals surface area contributed by atoms with E-state index in [1.165, 1.54) is 0 Å². The third-order valence-electron chi connectivity index (χ3n) is 1.01. The second-order valence-corrected chi connectivity index (χ2v) is 4.38. The van der Waals surface area contributed by atoms with Crippen molar-refractivity contribution in [3.05, 3.63) is 0 Å². The zero-order chi connectivity index (χ0) is 7.28. The van der Waals surface area contributed by atoms with E-state index in [-0.39, 0.29) is 0 Å². The predicted octanol–water partition coefficient (Wildman–Crippen LogP) is 2.25. The van der Waals surface area contributed by atoms with Crippen molar-refractivity contribution in [2.45, 2.75) is 25.4 Å². The SMILES string of the molecule is CCN(CC)SC(C)S. The average molecular weight is 165 g/mol. The van der Waals surface area contributed by atoms with Crippen LogP contribution < -0.4 is 0 Å². The third-order valence-corrected chi connectivity index (χ3v) is 2.41. The molecule has 0 bridgehead atoms. The lowest BCUT2D eigenvalue weighted by molar-refractivity contribution is 0.524. The second kappa shape index (κ2) is 5.45. The maximum absolute atomic E-state index is 4.27. The zero-order valence-corrected chi connectivity index (χ0v) is 8.01. The van der Waals surface area contributed by atoms with Gasteiger partial charge in [-0.2, -0.15) is 12.6 Å². The summed E-state index contributed by atoms with van der Waals surface area (Å²) in [7, 11) is 0. The van der Waals surface area contributed by atoms with Crippen LogP contribution >= 0.6 is 24.6 Å². The van der Waals surface area contributed by atoms with Gasteiger partial charge >= 0.3 is 0 Å². The molecule has 1 unspecified atom stereocenters. The standard InChI is InChI=1S/C6H15NS2/c1-4-7(5-2)9-6(3)8/h6,8H,4-5H2,1-3H3. The molecule has 0 N–H and O–H groups in total. The highest BCUT2D eigenvalue weighted by Gasteiger charge is 2.01. The van der Waals surface area contributed by atoms with Gasteiger partial charge in [0.1, 0.15) is 0 Å². The van der Waals surface area contributed by atoms with Crippen LogP contribution in [-0.2, 0) is 0 Å². The van der Waals surface area contributed by atoms with Crippen LogP contribution in [0.15, 0.2) is 0 Å². The van der Waals surface area contributed by atoms with Gasteiger partial charge in [0.05, 0.1) is 4.58 Å². The molecule has 0 fully saturated rings. The molecule has 0 aromatic carbocycles. The summed E-state index contributed by atoms with van der Waals surface area (Å²) in [5.74, 6) is 0. The molecule has 0 amide bonds. The maximum Gasteiger partial charge on any atom is 0.0591 e. The lowest BCUT2D eigenvalue weighted by Gasteiger charge is -2.17. The summed E-state index contributed by atoms with van der Waals surface area (Å²) in [6.45, 7) is 8.61. The molecule has 0 aliphatic rings. The zero-order valence-electron chi connectivity index (χ0n) is 6.29. The molecule has 1 atom stereocenters. The van der Waals surface area contributed by atoms with Gasteiger partial charge in [-0.1, -0.05) is 25.8 Å². The van der Waals surface area contributed by atoms with E-state index in [9.17, 15) is 0 Å². The van der Waals surface area contributed by atoms with E-state index in [0.29, 0.717) is 4.58 Å². The highest BCUT2D eigenvalue weighted by Crippen LogP contribution is 2.17. The topological polar surface area (TPSA) is 3.24 Å². The minimum atomic E-state index is 0.421. The molecule has 0 saturated carbocycles. The van der Waals surface area contributed by atoms with Crippen LogP contribution in [0.1, 0.15) is 20.8 Å². The lowest BCUT2D eigenvalue weighted by Crippen LogP contribution is -2.15. The van der Waals surface area contributed by atoms with Crippen molar-refractivity contribution >= 4 is 24.6 Å². The summed E-state index contributed by atoms with van der Waals surface area (Å²) in [5.41, 5.74) is 0. The van der Waals surface area contributed by atoms with Gasteiger partial charge in [-0.05, 0) is 6.92 Å². The predicted molar refractivity (Wildman–Crippen MR) is 49.0 cm³/mol. The van der Waals surface area contributed by atoms with Crippen molar-refractivity contribution in [2.24, 2.45) is 0 Å². The van der Waals surface area contributed by atoms with Gasteiger partial charge in [0.25, 0.3) is 0 Å². The molecule has 0 aliphatic heterocycles.